The summed E-state index contributed by atoms with van der Waals surface area (Å²) in [5.74, 6) is 0.702. The number of ether oxygens (including phenoxy) is 2. The van der Waals surface area contributed by atoms with Crippen molar-refractivity contribution in [1.29, 1.82) is 0 Å². The highest BCUT2D eigenvalue weighted by atomic mass is 32.1. The van der Waals surface area contributed by atoms with Crippen LogP contribution in [0.15, 0.2) is 35.4 Å². The summed E-state index contributed by atoms with van der Waals surface area (Å²) in [6, 6.07) is 7.79. The zero-order valence-electron chi connectivity index (χ0n) is 11.7. The summed E-state index contributed by atoms with van der Waals surface area (Å²) in [5.41, 5.74) is 2.74. The molecular formula is C14H11N3O5S. The van der Waals surface area contributed by atoms with Gasteiger partial charge in [0.1, 0.15) is 13.2 Å². The van der Waals surface area contributed by atoms with Crippen molar-refractivity contribution in [3.8, 4) is 11.5 Å². The zero-order chi connectivity index (χ0) is 16.2. The van der Waals surface area contributed by atoms with Gasteiger partial charge in [-0.05, 0) is 24.3 Å². The molecule has 2 aromatic rings. The highest BCUT2D eigenvalue weighted by Gasteiger charge is 2.14. The van der Waals surface area contributed by atoms with Crippen LogP contribution in [0.5, 0.6) is 11.5 Å². The van der Waals surface area contributed by atoms with Gasteiger partial charge in [-0.3, -0.25) is 14.9 Å². The lowest BCUT2D eigenvalue weighted by Gasteiger charge is -2.18. The van der Waals surface area contributed by atoms with Crippen LogP contribution >= 0.6 is 11.3 Å². The van der Waals surface area contributed by atoms with Crippen LogP contribution in [0.25, 0.3) is 0 Å². The predicted octanol–water partition coefficient (Wildman–Crippen LogP) is 2.19. The molecular weight excluding hydrogens is 322 g/mol. The summed E-state index contributed by atoms with van der Waals surface area (Å²) in [5, 5.41) is 14.4. The van der Waals surface area contributed by atoms with Crippen molar-refractivity contribution in [2.75, 3.05) is 13.2 Å². The molecule has 0 unspecified atom stereocenters. The molecule has 0 fully saturated rings. The van der Waals surface area contributed by atoms with Crippen LogP contribution in [0.2, 0.25) is 0 Å². The summed E-state index contributed by atoms with van der Waals surface area (Å²) in [6.07, 6.45) is 1.35. The van der Waals surface area contributed by atoms with Crippen molar-refractivity contribution in [3.63, 3.8) is 0 Å². The Hall–Kier alpha value is -2.94. The van der Waals surface area contributed by atoms with Gasteiger partial charge < -0.3 is 9.47 Å². The van der Waals surface area contributed by atoms with Crippen molar-refractivity contribution in [2.24, 2.45) is 5.10 Å². The van der Waals surface area contributed by atoms with Gasteiger partial charge in [0.2, 0.25) is 0 Å². The maximum absolute atomic E-state index is 12.0. The minimum absolute atomic E-state index is 0.0182. The molecule has 0 saturated carbocycles. The van der Waals surface area contributed by atoms with E-state index in [4.69, 9.17) is 9.47 Å². The van der Waals surface area contributed by atoms with Gasteiger partial charge in [0, 0.05) is 11.6 Å². The molecule has 9 heteroatoms. The summed E-state index contributed by atoms with van der Waals surface area (Å²) >= 11 is 0.971. The lowest BCUT2D eigenvalue weighted by atomic mass is 10.2. The smallest absolute Gasteiger partial charge is 0.324 e. The largest absolute Gasteiger partial charge is 0.486 e. The number of benzene rings is 1. The van der Waals surface area contributed by atoms with Crippen LogP contribution in [-0.2, 0) is 0 Å². The number of nitrogens with zero attached hydrogens (tertiary/aromatic N) is 2. The number of rotatable bonds is 4. The molecule has 23 heavy (non-hydrogen) atoms. The van der Waals surface area contributed by atoms with E-state index >= 15 is 0 Å². The lowest BCUT2D eigenvalue weighted by molar-refractivity contribution is -0.380. The molecule has 3 rings (SSSR count). The highest BCUT2D eigenvalue weighted by molar-refractivity contribution is 7.16. The Morgan fingerprint density at radius 3 is 2.78 bits per heavy atom. The van der Waals surface area contributed by atoms with Crippen LogP contribution in [0.4, 0.5) is 5.00 Å². The summed E-state index contributed by atoms with van der Waals surface area (Å²) in [6.45, 7) is 0.920. The number of hydrogen-bond donors (Lipinski definition) is 1. The second-order valence-electron chi connectivity index (χ2n) is 4.49. The molecule has 0 saturated heterocycles. The summed E-state index contributed by atoms with van der Waals surface area (Å²) in [7, 11) is 0. The van der Waals surface area contributed by atoms with Crippen molar-refractivity contribution >= 4 is 28.5 Å². The second-order valence-corrected chi connectivity index (χ2v) is 5.58. The van der Waals surface area contributed by atoms with Gasteiger partial charge in [0.25, 0.3) is 5.91 Å². The fourth-order valence-corrected chi connectivity index (χ4v) is 2.61. The van der Waals surface area contributed by atoms with Crippen LogP contribution < -0.4 is 14.9 Å². The third kappa shape index (κ3) is 3.46. The van der Waals surface area contributed by atoms with E-state index in [1.807, 2.05) is 0 Å². The Morgan fingerprint density at radius 1 is 1.26 bits per heavy atom. The number of fused-ring (bicyclic) bond motifs is 1. The van der Waals surface area contributed by atoms with E-state index in [0.29, 0.717) is 35.2 Å². The van der Waals surface area contributed by atoms with Crippen molar-refractivity contribution < 1.29 is 19.2 Å². The van der Waals surface area contributed by atoms with Crippen LogP contribution in [0.1, 0.15) is 15.2 Å². The Kier molecular flexibility index (Phi) is 4.20. The normalized spacial score (nSPS) is 13.0. The quantitative estimate of drug-likeness (QED) is 0.525. The van der Waals surface area contributed by atoms with Crippen LogP contribution in [-0.4, -0.2) is 30.3 Å². The highest BCUT2D eigenvalue weighted by Crippen LogP contribution is 2.30. The third-order valence-electron chi connectivity index (χ3n) is 2.95. The lowest BCUT2D eigenvalue weighted by Crippen LogP contribution is -2.19. The van der Waals surface area contributed by atoms with E-state index in [2.05, 4.69) is 10.5 Å². The molecule has 1 aliphatic rings. The summed E-state index contributed by atoms with van der Waals surface area (Å²) in [4.78, 5) is 22.7. The van der Waals surface area contributed by atoms with Gasteiger partial charge in [-0.25, -0.2) is 5.43 Å². The molecule has 0 aliphatic carbocycles. The van der Waals surface area contributed by atoms with Crippen LogP contribution in [0.3, 0.4) is 0 Å². The fourth-order valence-electron chi connectivity index (χ4n) is 1.91. The minimum atomic E-state index is -0.476. The van der Waals surface area contributed by atoms with E-state index < -0.39 is 10.8 Å². The Bertz CT molecular complexity index is 786. The van der Waals surface area contributed by atoms with Crippen molar-refractivity contribution in [1.82, 2.24) is 5.43 Å². The standard InChI is InChI=1S/C14H11N3O5S/c18-14(9-1-3-11-12(7-9)22-6-5-21-11)16-15-8-10-2-4-13(23-10)17(19)20/h1-4,7-8H,5-6H2,(H,16,18). The Labute approximate surface area is 134 Å². The Balaban J connectivity index is 1.64. The van der Waals surface area contributed by atoms with E-state index in [9.17, 15) is 14.9 Å². The van der Waals surface area contributed by atoms with E-state index in [0.717, 1.165) is 11.3 Å². The van der Waals surface area contributed by atoms with E-state index in [1.54, 1.807) is 24.3 Å². The molecule has 8 nitrogen and oxygen atoms in total. The third-order valence-corrected chi connectivity index (χ3v) is 3.93. The predicted molar refractivity (Wildman–Crippen MR) is 83.5 cm³/mol. The molecule has 0 radical (unpaired) electrons. The monoisotopic (exact) mass is 333 g/mol. The van der Waals surface area contributed by atoms with Crippen molar-refractivity contribution in [2.45, 2.75) is 0 Å². The number of nitro groups is 1. The number of hydrogen-bond acceptors (Lipinski definition) is 7. The van der Waals surface area contributed by atoms with E-state index in [1.165, 1.54) is 12.3 Å². The maximum atomic E-state index is 12.0. The molecule has 1 aliphatic heterocycles. The van der Waals surface area contributed by atoms with Gasteiger partial charge in [-0.15, -0.1) is 0 Å². The first-order valence-electron chi connectivity index (χ1n) is 6.61. The zero-order valence-corrected chi connectivity index (χ0v) is 12.5. The minimum Gasteiger partial charge on any atom is -0.486 e. The molecule has 0 atom stereocenters. The topological polar surface area (TPSA) is 103 Å². The number of carbonyl (C=O) groups is 1. The summed E-state index contributed by atoms with van der Waals surface area (Å²) < 4.78 is 10.8. The molecule has 1 amide bonds. The number of carbonyl (C=O) groups excluding carboxylic acids is 1. The molecule has 118 valence electrons. The van der Waals surface area contributed by atoms with Gasteiger partial charge >= 0.3 is 5.00 Å². The maximum Gasteiger partial charge on any atom is 0.324 e. The van der Waals surface area contributed by atoms with Gasteiger partial charge in [-0.2, -0.15) is 5.10 Å². The van der Waals surface area contributed by atoms with Gasteiger partial charge in [-0.1, -0.05) is 11.3 Å². The molecule has 1 aromatic carbocycles. The Morgan fingerprint density at radius 2 is 2.04 bits per heavy atom. The number of thiophene rings is 1. The average Bonchev–Trinajstić information content (AvgIpc) is 3.03. The van der Waals surface area contributed by atoms with Crippen molar-refractivity contribution in [3.05, 3.63) is 50.9 Å². The number of hydrazone groups is 1. The number of nitrogens with one attached hydrogen (secondary N) is 1. The fraction of sp³-hybridized carbons (Fsp3) is 0.143. The molecule has 1 N–H and O–H groups in total. The molecule has 0 bridgehead atoms. The van der Waals surface area contributed by atoms with E-state index in [-0.39, 0.29) is 5.00 Å². The first-order chi connectivity index (χ1) is 11.1. The molecule has 0 spiro atoms. The molecule has 1 aromatic heterocycles. The second kappa shape index (κ2) is 6.44. The van der Waals surface area contributed by atoms with Crippen LogP contribution in [0, 0.1) is 10.1 Å². The number of amides is 1. The average molecular weight is 333 g/mol. The first-order valence-corrected chi connectivity index (χ1v) is 7.42. The SMILES string of the molecule is O=C(NN=Cc1ccc([N+](=O)[O-])s1)c1ccc2c(c1)OCCO2. The first kappa shape index (κ1) is 15.0. The van der Waals surface area contributed by atoms with Gasteiger partial charge in [0.05, 0.1) is 16.0 Å². The molecule has 2 heterocycles. The van der Waals surface area contributed by atoms with Gasteiger partial charge in [0.15, 0.2) is 11.5 Å².